The number of nitrogens with one attached hydrogen (secondary N) is 3. The van der Waals surface area contributed by atoms with Crippen LogP contribution in [0.25, 0.3) is 10.9 Å². The third kappa shape index (κ3) is 3.32. The Bertz CT molecular complexity index is 447. The molecule has 0 atom stereocenters. The molecule has 0 fully saturated rings. The molecule has 0 radical (unpaired) electrons. The van der Waals surface area contributed by atoms with Crippen LogP contribution in [-0.2, 0) is 6.54 Å². The fourth-order valence-electron chi connectivity index (χ4n) is 2.00. The van der Waals surface area contributed by atoms with Gasteiger partial charge in [-0.05, 0) is 30.0 Å². The van der Waals surface area contributed by atoms with Gasteiger partial charge in [0.1, 0.15) is 0 Å². The van der Waals surface area contributed by atoms with Crippen LogP contribution in [0.1, 0.15) is 18.9 Å². The molecule has 3 N–H and O–H groups in total. The largest absolute Gasteiger partial charge is 0.361 e. The summed E-state index contributed by atoms with van der Waals surface area (Å²) in [4.78, 5) is 3.29. The fraction of sp³-hybridized carbons (Fsp3) is 0.429. The Morgan fingerprint density at radius 2 is 1.94 bits per heavy atom. The zero-order valence-electron chi connectivity index (χ0n) is 10.4. The number of para-hydroxylation sites is 1. The van der Waals surface area contributed by atoms with E-state index in [4.69, 9.17) is 0 Å². The summed E-state index contributed by atoms with van der Waals surface area (Å²) in [5.41, 5.74) is 2.59. The molecule has 1 aromatic carbocycles. The summed E-state index contributed by atoms with van der Waals surface area (Å²) >= 11 is 0. The number of aromatic amines is 1. The normalized spacial score (nSPS) is 11.1. The first kappa shape index (κ1) is 12.1. The van der Waals surface area contributed by atoms with Gasteiger partial charge in [0.2, 0.25) is 0 Å². The highest BCUT2D eigenvalue weighted by atomic mass is 14.9. The van der Waals surface area contributed by atoms with Crippen molar-refractivity contribution in [2.45, 2.75) is 19.9 Å². The molecule has 0 saturated carbocycles. The Hall–Kier alpha value is -1.32. The summed E-state index contributed by atoms with van der Waals surface area (Å²) in [5.74, 6) is 0. The summed E-state index contributed by atoms with van der Waals surface area (Å²) < 4.78 is 0. The van der Waals surface area contributed by atoms with E-state index in [1.807, 2.05) is 6.20 Å². The van der Waals surface area contributed by atoms with Gasteiger partial charge in [-0.2, -0.15) is 0 Å². The Morgan fingerprint density at radius 3 is 2.82 bits per heavy atom. The van der Waals surface area contributed by atoms with E-state index in [0.29, 0.717) is 0 Å². The van der Waals surface area contributed by atoms with Crippen molar-refractivity contribution in [2.24, 2.45) is 0 Å². The maximum atomic E-state index is 3.46. The van der Waals surface area contributed by atoms with Crippen molar-refractivity contribution in [3.8, 4) is 0 Å². The summed E-state index contributed by atoms with van der Waals surface area (Å²) in [6.07, 6.45) is 3.19. The molecule has 2 aromatic rings. The number of aromatic nitrogens is 1. The lowest BCUT2D eigenvalue weighted by molar-refractivity contribution is 0.607. The van der Waals surface area contributed by atoms with E-state index in [2.05, 4.69) is 46.8 Å². The van der Waals surface area contributed by atoms with Crippen LogP contribution in [0.2, 0.25) is 0 Å². The van der Waals surface area contributed by atoms with Gasteiger partial charge in [0, 0.05) is 31.3 Å². The van der Waals surface area contributed by atoms with Gasteiger partial charge in [-0.3, -0.25) is 0 Å². The molecule has 0 bridgehead atoms. The van der Waals surface area contributed by atoms with Gasteiger partial charge in [-0.15, -0.1) is 0 Å². The van der Waals surface area contributed by atoms with Gasteiger partial charge >= 0.3 is 0 Å². The molecule has 3 nitrogen and oxygen atoms in total. The van der Waals surface area contributed by atoms with Gasteiger partial charge in [-0.1, -0.05) is 25.1 Å². The smallest absolute Gasteiger partial charge is 0.0499 e. The minimum atomic E-state index is 0.922. The zero-order valence-corrected chi connectivity index (χ0v) is 10.4. The van der Waals surface area contributed by atoms with E-state index < -0.39 is 0 Å². The van der Waals surface area contributed by atoms with Crippen LogP contribution in [0.15, 0.2) is 30.5 Å². The minimum absolute atomic E-state index is 0.922. The van der Waals surface area contributed by atoms with Gasteiger partial charge in [0.15, 0.2) is 0 Å². The predicted octanol–water partition coefficient (Wildman–Crippen LogP) is 2.26. The van der Waals surface area contributed by atoms with Crippen LogP contribution in [0.5, 0.6) is 0 Å². The molecule has 0 amide bonds. The molecule has 2 rings (SSSR count). The standard InChI is InChI=1S/C14H21N3/c1-2-7-15-9-10-16-11-13-5-3-4-12-6-8-17-14(12)13/h3-6,8,15-17H,2,7,9-11H2,1H3. The van der Waals surface area contributed by atoms with Crippen molar-refractivity contribution in [1.82, 2.24) is 15.6 Å². The monoisotopic (exact) mass is 231 g/mol. The molecule has 0 saturated heterocycles. The number of hydrogen-bond acceptors (Lipinski definition) is 2. The number of rotatable bonds is 7. The second-order valence-corrected chi connectivity index (χ2v) is 4.29. The number of fused-ring (bicyclic) bond motifs is 1. The number of H-pyrrole nitrogens is 1. The van der Waals surface area contributed by atoms with E-state index in [9.17, 15) is 0 Å². The maximum absolute atomic E-state index is 3.46. The lowest BCUT2D eigenvalue weighted by Gasteiger charge is -2.07. The van der Waals surface area contributed by atoms with Crippen molar-refractivity contribution in [3.63, 3.8) is 0 Å². The molecule has 92 valence electrons. The molecular formula is C14H21N3. The predicted molar refractivity (Wildman–Crippen MR) is 73.2 cm³/mol. The molecule has 3 heteroatoms. The van der Waals surface area contributed by atoms with Crippen LogP contribution in [0.3, 0.4) is 0 Å². The minimum Gasteiger partial charge on any atom is -0.361 e. The fourth-order valence-corrected chi connectivity index (χ4v) is 2.00. The van der Waals surface area contributed by atoms with Gasteiger partial charge < -0.3 is 15.6 Å². The number of hydrogen-bond donors (Lipinski definition) is 3. The van der Waals surface area contributed by atoms with Crippen molar-refractivity contribution in [3.05, 3.63) is 36.0 Å². The Kier molecular flexibility index (Phi) is 4.59. The summed E-state index contributed by atoms with van der Waals surface area (Å²) in [6.45, 7) is 6.26. The Morgan fingerprint density at radius 1 is 1.06 bits per heavy atom. The second-order valence-electron chi connectivity index (χ2n) is 4.29. The van der Waals surface area contributed by atoms with Gasteiger partial charge in [0.05, 0.1) is 0 Å². The highest BCUT2D eigenvalue weighted by Gasteiger charge is 2.00. The Balaban J connectivity index is 1.80. The van der Waals surface area contributed by atoms with Crippen LogP contribution < -0.4 is 10.6 Å². The van der Waals surface area contributed by atoms with Gasteiger partial charge in [-0.25, -0.2) is 0 Å². The summed E-state index contributed by atoms with van der Waals surface area (Å²) in [6, 6.07) is 8.54. The molecule has 0 aliphatic rings. The van der Waals surface area contributed by atoms with E-state index in [1.54, 1.807) is 0 Å². The second kappa shape index (κ2) is 6.42. The van der Waals surface area contributed by atoms with E-state index in [-0.39, 0.29) is 0 Å². The molecule has 0 aliphatic heterocycles. The first-order valence-corrected chi connectivity index (χ1v) is 6.38. The van der Waals surface area contributed by atoms with Crippen LogP contribution in [0.4, 0.5) is 0 Å². The van der Waals surface area contributed by atoms with Crippen LogP contribution in [0, 0.1) is 0 Å². The topological polar surface area (TPSA) is 39.8 Å². The quantitative estimate of drug-likeness (QED) is 0.640. The van der Waals surface area contributed by atoms with Crippen LogP contribution in [-0.4, -0.2) is 24.6 Å². The lowest BCUT2D eigenvalue weighted by atomic mass is 10.1. The molecule has 0 aliphatic carbocycles. The average molecular weight is 231 g/mol. The SMILES string of the molecule is CCCNCCNCc1cccc2cc[nH]c12. The highest BCUT2D eigenvalue weighted by Crippen LogP contribution is 2.16. The lowest BCUT2D eigenvalue weighted by Crippen LogP contribution is -2.27. The van der Waals surface area contributed by atoms with Crippen LogP contribution >= 0.6 is 0 Å². The third-order valence-corrected chi connectivity index (χ3v) is 2.89. The molecule has 0 spiro atoms. The van der Waals surface area contributed by atoms with Gasteiger partial charge in [0.25, 0.3) is 0 Å². The first-order chi connectivity index (χ1) is 8.42. The molecule has 1 aromatic heterocycles. The number of benzene rings is 1. The van der Waals surface area contributed by atoms with Crippen molar-refractivity contribution in [1.29, 1.82) is 0 Å². The van der Waals surface area contributed by atoms with Crippen molar-refractivity contribution < 1.29 is 0 Å². The molecule has 0 unspecified atom stereocenters. The average Bonchev–Trinajstić information content (AvgIpc) is 2.82. The maximum Gasteiger partial charge on any atom is 0.0499 e. The summed E-state index contributed by atoms with van der Waals surface area (Å²) in [5, 5.41) is 8.13. The van der Waals surface area contributed by atoms with Crippen molar-refractivity contribution >= 4 is 10.9 Å². The zero-order chi connectivity index (χ0) is 11.9. The van der Waals surface area contributed by atoms with E-state index >= 15 is 0 Å². The Labute approximate surface area is 103 Å². The third-order valence-electron chi connectivity index (χ3n) is 2.89. The first-order valence-electron chi connectivity index (χ1n) is 6.38. The molecule has 1 heterocycles. The van der Waals surface area contributed by atoms with E-state index in [0.717, 1.165) is 26.2 Å². The van der Waals surface area contributed by atoms with E-state index in [1.165, 1.54) is 22.9 Å². The highest BCUT2D eigenvalue weighted by molar-refractivity contribution is 5.82. The molecular weight excluding hydrogens is 210 g/mol. The summed E-state index contributed by atoms with van der Waals surface area (Å²) in [7, 11) is 0. The van der Waals surface area contributed by atoms with Crippen molar-refractivity contribution in [2.75, 3.05) is 19.6 Å². The molecule has 17 heavy (non-hydrogen) atoms.